The lowest BCUT2D eigenvalue weighted by atomic mass is 10.1. The van der Waals surface area contributed by atoms with E-state index in [-0.39, 0.29) is 5.56 Å². The van der Waals surface area contributed by atoms with Gasteiger partial charge in [0, 0.05) is 35.6 Å². The number of carbonyl (C=O) groups is 1. The maximum absolute atomic E-state index is 11.4. The topological polar surface area (TPSA) is 94.5 Å². The van der Waals surface area contributed by atoms with Crippen LogP contribution in [0.25, 0.3) is 11.3 Å². The van der Waals surface area contributed by atoms with Gasteiger partial charge in [-0.15, -0.1) is 0 Å². The van der Waals surface area contributed by atoms with Crippen LogP contribution in [0.2, 0.25) is 5.02 Å². The molecule has 1 heterocycles. The van der Waals surface area contributed by atoms with Crippen LogP contribution in [0, 0.1) is 0 Å². The van der Waals surface area contributed by atoms with Gasteiger partial charge in [-0.2, -0.15) is 0 Å². The maximum atomic E-state index is 11.4. The van der Waals surface area contributed by atoms with Crippen LogP contribution in [-0.4, -0.2) is 40.8 Å². The molecule has 0 bridgehead atoms. The van der Waals surface area contributed by atoms with Crippen molar-refractivity contribution in [3.8, 4) is 11.3 Å². The summed E-state index contributed by atoms with van der Waals surface area (Å²) >= 11 is 5.95. The number of benzene rings is 2. The molecule has 3 aromatic rings. The van der Waals surface area contributed by atoms with Crippen LogP contribution in [0.4, 0.5) is 5.69 Å². The number of aromatic carboxylic acids is 1. The van der Waals surface area contributed by atoms with Crippen molar-refractivity contribution in [1.29, 1.82) is 0 Å². The maximum Gasteiger partial charge on any atom is 0.337 e. The molecule has 0 aliphatic rings. The number of halogens is 1. The molecule has 0 aliphatic carbocycles. The van der Waals surface area contributed by atoms with Crippen LogP contribution in [0.3, 0.4) is 0 Å². The lowest BCUT2D eigenvalue weighted by Crippen LogP contribution is -2.24. The minimum Gasteiger partial charge on any atom is -0.478 e. The SMILES string of the molecule is O=C(O)c1cccnc1-c1cccc(NCCCNC[C@@H](O)c2cccc(Cl)c2)c1. The number of nitrogens with one attached hydrogen (secondary N) is 2. The molecular weight excluding hydrogens is 402 g/mol. The van der Waals surface area contributed by atoms with Crippen LogP contribution in [0.15, 0.2) is 66.9 Å². The molecule has 0 aliphatic heterocycles. The van der Waals surface area contributed by atoms with Crippen molar-refractivity contribution in [2.45, 2.75) is 12.5 Å². The summed E-state index contributed by atoms with van der Waals surface area (Å²) in [4.78, 5) is 15.6. The molecule has 30 heavy (non-hydrogen) atoms. The monoisotopic (exact) mass is 425 g/mol. The van der Waals surface area contributed by atoms with Gasteiger partial charge in [-0.1, -0.05) is 35.9 Å². The molecule has 0 radical (unpaired) electrons. The Morgan fingerprint density at radius 1 is 1.07 bits per heavy atom. The molecule has 1 aromatic heterocycles. The van der Waals surface area contributed by atoms with Gasteiger partial charge in [0.15, 0.2) is 0 Å². The predicted octanol–water partition coefficient (Wildman–Crippen LogP) is 4.23. The number of aliphatic hydroxyl groups is 1. The van der Waals surface area contributed by atoms with Crippen LogP contribution in [0.5, 0.6) is 0 Å². The third-order valence-electron chi connectivity index (χ3n) is 4.60. The molecule has 4 N–H and O–H groups in total. The second-order valence-corrected chi connectivity index (χ2v) is 7.28. The first-order chi connectivity index (χ1) is 14.5. The van der Waals surface area contributed by atoms with E-state index in [1.165, 1.54) is 0 Å². The van der Waals surface area contributed by atoms with Crippen molar-refractivity contribution < 1.29 is 15.0 Å². The second kappa shape index (κ2) is 10.7. The summed E-state index contributed by atoms with van der Waals surface area (Å²) < 4.78 is 0. The molecule has 2 aromatic carbocycles. The van der Waals surface area contributed by atoms with Crippen LogP contribution < -0.4 is 10.6 Å². The summed E-state index contributed by atoms with van der Waals surface area (Å²) in [5.41, 5.74) is 3.07. The van der Waals surface area contributed by atoms with Crippen molar-refractivity contribution in [3.05, 3.63) is 83.0 Å². The predicted molar refractivity (Wildman–Crippen MR) is 119 cm³/mol. The second-order valence-electron chi connectivity index (χ2n) is 6.84. The van der Waals surface area contributed by atoms with E-state index in [1.54, 1.807) is 30.5 Å². The van der Waals surface area contributed by atoms with Gasteiger partial charge in [-0.25, -0.2) is 4.79 Å². The van der Waals surface area contributed by atoms with Crippen molar-refractivity contribution in [3.63, 3.8) is 0 Å². The Kier molecular flexibility index (Phi) is 7.79. The summed E-state index contributed by atoms with van der Waals surface area (Å²) in [6.45, 7) is 1.93. The van der Waals surface area contributed by atoms with Gasteiger partial charge in [-0.3, -0.25) is 4.98 Å². The number of hydrogen-bond donors (Lipinski definition) is 4. The molecule has 1 atom stereocenters. The van der Waals surface area contributed by atoms with E-state index in [9.17, 15) is 15.0 Å². The Balaban J connectivity index is 1.46. The average Bonchev–Trinajstić information content (AvgIpc) is 2.76. The Hall–Kier alpha value is -2.93. The number of carboxylic acids is 1. The summed E-state index contributed by atoms with van der Waals surface area (Å²) in [7, 11) is 0. The molecule has 0 amide bonds. The van der Waals surface area contributed by atoms with Gasteiger partial charge in [-0.05, 0) is 54.9 Å². The van der Waals surface area contributed by atoms with Gasteiger partial charge in [0.05, 0.1) is 17.4 Å². The molecular formula is C23H24ClN3O3. The molecule has 156 valence electrons. The Labute approximate surface area is 180 Å². The molecule has 3 rings (SSSR count). The number of aliphatic hydroxyl groups excluding tert-OH is 1. The summed E-state index contributed by atoms with van der Waals surface area (Å²) in [6.07, 6.45) is 1.84. The lowest BCUT2D eigenvalue weighted by molar-refractivity contribution is 0.0697. The number of carboxylic acid groups (broad SMARTS) is 1. The van der Waals surface area contributed by atoms with Gasteiger partial charge < -0.3 is 20.8 Å². The zero-order valence-corrected chi connectivity index (χ0v) is 17.1. The van der Waals surface area contributed by atoms with Crippen molar-refractivity contribution in [2.24, 2.45) is 0 Å². The molecule has 0 saturated heterocycles. The number of hydrogen-bond acceptors (Lipinski definition) is 5. The molecule has 0 spiro atoms. The minimum atomic E-state index is -0.998. The van der Waals surface area contributed by atoms with Gasteiger partial charge >= 0.3 is 5.97 Å². The molecule has 0 fully saturated rings. The average molecular weight is 426 g/mol. The first kappa shape index (κ1) is 21.8. The Bertz CT molecular complexity index is 997. The fraction of sp³-hybridized carbons (Fsp3) is 0.217. The quantitative estimate of drug-likeness (QED) is 0.363. The first-order valence-corrected chi connectivity index (χ1v) is 10.1. The Morgan fingerprint density at radius 2 is 1.90 bits per heavy atom. The van der Waals surface area contributed by atoms with Crippen molar-refractivity contribution in [2.75, 3.05) is 25.0 Å². The molecule has 6 nitrogen and oxygen atoms in total. The number of pyridine rings is 1. The summed E-state index contributed by atoms with van der Waals surface area (Å²) in [5.74, 6) is -0.998. The standard InChI is InChI=1S/C23H24ClN3O3/c24-18-7-1-5-16(13-18)21(28)15-25-10-4-12-26-19-8-2-6-17(14-19)22-20(23(29)30)9-3-11-27-22/h1-3,5-9,11,13-14,21,25-26,28H,4,10,12,15H2,(H,29,30)/t21-/m1/s1. The van der Waals surface area contributed by atoms with Crippen LogP contribution in [-0.2, 0) is 0 Å². The third kappa shape index (κ3) is 6.03. The highest BCUT2D eigenvalue weighted by atomic mass is 35.5. The van der Waals surface area contributed by atoms with Gasteiger partial charge in [0.2, 0.25) is 0 Å². The van der Waals surface area contributed by atoms with Crippen molar-refractivity contribution in [1.82, 2.24) is 10.3 Å². The van der Waals surface area contributed by atoms with E-state index in [2.05, 4.69) is 15.6 Å². The fourth-order valence-corrected chi connectivity index (χ4v) is 3.30. The molecule has 0 unspecified atom stereocenters. The highest BCUT2D eigenvalue weighted by Gasteiger charge is 2.12. The number of anilines is 1. The zero-order valence-electron chi connectivity index (χ0n) is 16.4. The normalized spacial score (nSPS) is 11.8. The molecule has 7 heteroatoms. The van der Waals surface area contributed by atoms with E-state index in [0.717, 1.165) is 36.3 Å². The molecule has 0 saturated carbocycles. The third-order valence-corrected chi connectivity index (χ3v) is 4.84. The zero-order chi connectivity index (χ0) is 21.3. The number of aromatic nitrogens is 1. The Morgan fingerprint density at radius 3 is 2.70 bits per heavy atom. The summed E-state index contributed by atoms with van der Waals surface area (Å²) in [6, 6.07) is 17.9. The lowest BCUT2D eigenvalue weighted by Gasteiger charge is -2.13. The van der Waals surface area contributed by atoms with E-state index in [1.807, 2.05) is 36.4 Å². The highest BCUT2D eigenvalue weighted by Crippen LogP contribution is 2.24. The number of rotatable bonds is 10. The van der Waals surface area contributed by atoms with E-state index in [0.29, 0.717) is 17.3 Å². The minimum absolute atomic E-state index is 0.178. The van der Waals surface area contributed by atoms with Gasteiger partial charge in [0.1, 0.15) is 0 Å². The largest absolute Gasteiger partial charge is 0.478 e. The van der Waals surface area contributed by atoms with Gasteiger partial charge in [0.25, 0.3) is 0 Å². The van der Waals surface area contributed by atoms with E-state index >= 15 is 0 Å². The smallest absolute Gasteiger partial charge is 0.337 e. The first-order valence-electron chi connectivity index (χ1n) is 9.71. The van der Waals surface area contributed by atoms with Crippen LogP contribution in [0.1, 0.15) is 28.4 Å². The number of nitrogens with zero attached hydrogens (tertiary/aromatic N) is 1. The summed E-state index contributed by atoms with van der Waals surface area (Å²) in [5, 5.41) is 26.7. The van der Waals surface area contributed by atoms with Crippen molar-refractivity contribution >= 4 is 23.3 Å². The van der Waals surface area contributed by atoms with E-state index in [4.69, 9.17) is 11.6 Å². The van der Waals surface area contributed by atoms with E-state index < -0.39 is 12.1 Å². The van der Waals surface area contributed by atoms with Crippen LogP contribution >= 0.6 is 11.6 Å². The highest BCUT2D eigenvalue weighted by molar-refractivity contribution is 6.30. The fourth-order valence-electron chi connectivity index (χ4n) is 3.10.